The number of amides is 1. The van der Waals surface area contributed by atoms with Gasteiger partial charge in [0.25, 0.3) is 11.6 Å². The van der Waals surface area contributed by atoms with E-state index in [0.717, 1.165) is 12.1 Å². The largest absolute Gasteiger partial charge is 0.416 e. The molecule has 2 aromatic rings. The summed E-state index contributed by atoms with van der Waals surface area (Å²) in [4.78, 5) is 22.0. The number of nitro benzene ring substituents is 1. The number of nitrogens with one attached hydrogen (secondary N) is 2. The van der Waals surface area contributed by atoms with E-state index in [1.54, 1.807) is 18.2 Å². The molecule has 0 fully saturated rings. The average molecular weight is 388 g/mol. The molecule has 2 aromatic carbocycles. The predicted molar refractivity (Wildman–Crippen MR) is 90.4 cm³/mol. The zero-order chi connectivity index (χ0) is 19.3. The van der Waals surface area contributed by atoms with Gasteiger partial charge in [0, 0.05) is 19.2 Å². The highest BCUT2D eigenvalue weighted by Gasteiger charge is 2.32. The molecular formula is C16H13ClF3N3O3. The first-order valence-electron chi connectivity index (χ1n) is 7.32. The molecule has 0 unspecified atom stereocenters. The molecule has 138 valence electrons. The van der Waals surface area contributed by atoms with Gasteiger partial charge in [-0.2, -0.15) is 13.2 Å². The number of carbonyl (C=O) groups is 1. The molecule has 0 saturated heterocycles. The maximum atomic E-state index is 12.7. The lowest BCUT2D eigenvalue weighted by atomic mass is 10.1. The highest BCUT2D eigenvalue weighted by molar-refractivity contribution is 6.33. The SMILES string of the molecule is O=C(NCCNc1ccc(C(F)(F)F)cc1[N+](=O)[O-])c1ccccc1Cl. The second-order valence-electron chi connectivity index (χ2n) is 5.15. The van der Waals surface area contributed by atoms with Crippen molar-refractivity contribution in [1.82, 2.24) is 5.32 Å². The van der Waals surface area contributed by atoms with Gasteiger partial charge in [-0.25, -0.2) is 0 Å². The van der Waals surface area contributed by atoms with Crippen molar-refractivity contribution in [2.24, 2.45) is 0 Å². The number of rotatable bonds is 6. The van der Waals surface area contributed by atoms with Gasteiger partial charge >= 0.3 is 6.18 Å². The molecule has 0 radical (unpaired) electrons. The van der Waals surface area contributed by atoms with E-state index in [0.29, 0.717) is 6.07 Å². The summed E-state index contributed by atoms with van der Waals surface area (Å²) in [5.74, 6) is -0.431. The predicted octanol–water partition coefficient (Wildman–Crippen LogP) is 4.11. The molecule has 0 aromatic heterocycles. The standard InChI is InChI=1S/C16H13ClF3N3O3/c17-12-4-2-1-3-11(12)15(24)22-8-7-21-13-6-5-10(16(18,19)20)9-14(13)23(25)26/h1-6,9,21H,7-8H2,(H,22,24). The fourth-order valence-corrected chi connectivity index (χ4v) is 2.34. The van der Waals surface area contributed by atoms with Crippen molar-refractivity contribution in [3.63, 3.8) is 0 Å². The Kier molecular flexibility index (Phi) is 6.04. The van der Waals surface area contributed by atoms with Gasteiger partial charge in [-0.15, -0.1) is 0 Å². The topological polar surface area (TPSA) is 84.3 Å². The molecule has 2 N–H and O–H groups in total. The summed E-state index contributed by atoms with van der Waals surface area (Å²) in [5, 5.41) is 16.4. The molecule has 26 heavy (non-hydrogen) atoms. The quantitative estimate of drug-likeness (QED) is 0.444. The van der Waals surface area contributed by atoms with E-state index in [2.05, 4.69) is 10.6 Å². The van der Waals surface area contributed by atoms with E-state index in [1.165, 1.54) is 6.07 Å². The van der Waals surface area contributed by atoms with E-state index >= 15 is 0 Å². The molecule has 0 aliphatic carbocycles. The molecule has 6 nitrogen and oxygen atoms in total. The smallest absolute Gasteiger partial charge is 0.378 e. The second kappa shape index (κ2) is 8.05. The number of anilines is 1. The number of benzene rings is 2. The van der Waals surface area contributed by atoms with Gasteiger partial charge in [0.2, 0.25) is 0 Å². The Hall–Kier alpha value is -2.81. The van der Waals surface area contributed by atoms with Gasteiger partial charge in [-0.1, -0.05) is 23.7 Å². The maximum Gasteiger partial charge on any atom is 0.416 e. The van der Waals surface area contributed by atoms with Crippen molar-refractivity contribution in [3.8, 4) is 0 Å². The van der Waals surface area contributed by atoms with Crippen molar-refractivity contribution in [3.05, 3.63) is 68.7 Å². The van der Waals surface area contributed by atoms with Crippen LogP contribution in [0.5, 0.6) is 0 Å². The van der Waals surface area contributed by atoms with Crippen LogP contribution in [0.1, 0.15) is 15.9 Å². The van der Waals surface area contributed by atoms with Crippen molar-refractivity contribution >= 4 is 28.9 Å². The average Bonchev–Trinajstić information content (AvgIpc) is 2.58. The minimum atomic E-state index is -4.67. The first-order valence-corrected chi connectivity index (χ1v) is 7.70. The van der Waals surface area contributed by atoms with Crippen LogP contribution in [0.3, 0.4) is 0 Å². The van der Waals surface area contributed by atoms with Crippen LogP contribution in [0.15, 0.2) is 42.5 Å². The zero-order valence-corrected chi connectivity index (χ0v) is 13.9. The number of alkyl halides is 3. The fraction of sp³-hybridized carbons (Fsp3) is 0.188. The van der Waals surface area contributed by atoms with Gasteiger partial charge in [0.15, 0.2) is 0 Å². The summed E-state index contributed by atoms with van der Waals surface area (Å²) in [6.07, 6.45) is -4.67. The summed E-state index contributed by atoms with van der Waals surface area (Å²) in [6.45, 7) is 0.157. The fourth-order valence-electron chi connectivity index (χ4n) is 2.12. The summed E-state index contributed by atoms with van der Waals surface area (Å²) in [5.41, 5.74) is -1.61. The van der Waals surface area contributed by atoms with Crippen LogP contribution in [0.25, 0.3) is 0 Å². The van der Waals surface area contributed by atoms with Crippen molar-refractivity contribution in [2.45, 2.75) is 6.18 Å². The van der Waals surface area contributed by atoms with Crippen LogP contribution >= 0.6 is 11.6 Å². The third kappa shape index (κ3) is 4.85. The normalized spacial score (nSPS) is 11.1. The number of nitrogens with zero attached hydrogens (tertiary/aromatic N) is 1. The highest BCUT2D eigenvalue weighted by Crippen LogP contribution is 2.34. The summed E-state index contributed by atoms with van der Waals surface area (Å²) < 4.78 is 38.0. The lowest BCUT2D eigenvalue weighted by molar-refractivity contribution is -0.384. The van der Waals surface area contributed by atoms with E-state index in [-0.39, 0.29) is 29.4 Å². The van der Waals surface area contributed by atoms with E-state index < -0.39 is 28.3 Å². The Morgan fingerprint density at radius 1 is 1.15 bits per heavy atom. The van der Waals surface area contributed by atoms with Crippen molar-refractivity contribution < 1.29 is 22.9 Å². The first-order chi connectivity index (χ1) is 12.2. The molecule has 0 saturated carbocycles. The summed E-state index contributed by atoms with van der Waals surface area (Å²) >= 11 is 5.89. The van der Waals surface area contributed by atoms with E-state index in [4.69, 9.17) is 11.6 Å². The Morgan fingerprint density at radius 2 is 1.85 bits per heavy atom. The highest BCUT2D eigenvalue weighted by atomic mass is 35.5. The van der Waals surface area contributed by atoms with Crippen LogP contribution in [0.4, 0.5) is 24.5 Å². The molecule has 0 bridgehead atoms. The number of hydrogen-bond acceptors (Lipinski definition) is 4. The number of hydrogen-bond donors (Lipinski definition) is 2. The molecule has 0 spiro atoms. The van der Waals surface area contributed by atoms with E-state index in [1.807, 2.05) is 0 Å². The first kappa shape index (κ1) is 19.5. The zero-order valence-electron chi connectivity index (χ0n) is 13.1. The third-order valence-corrected chi connectivity index (χ3v) is 3.70. The van der Waals surface area contributed by atoms with Gasteiger partial charge in [-0.3, -0.25) is 14.9 Å². The number of nitro groups is 1. The van der Waals surface area contributed by atoms with Gasteiger partial charge < -0.3 is 10.6 Å². The third-order valence-electron chi connectivity index (χ3n) is 3.37. The Balaban J connectivity index is 1.98. The van der Waals surface area contributed by atoms with Crippen LogP contribution in [0.2, 0.25) is 5.02 Å². The Morgan fingerprint density at radius 3 is 2.46 bits per heavy atom. The number of carbonyl (C=O) groups excluding carboxylic acids is 1. The summed E-state index contributed by atoms with van der Waals surface area (Å²) in [7, 11) is 0. The monoisotopic (exact) mass is 387 g/mol. The van der Waals surface area contributed by atoms with Crippen LogP contribution in [0, 0.1) is 10.1 Å². The Labute approximate surface area is 151 Å². The Bertz CT molecular complexity index is 828. The summed E-state index contributed by atoms with van der Waals surface area (Å²) in [6, 6.07) is 8.60. The van der Waals surface area contributed by atoms with Gasteiger partial charge in [0.05, 0.1) is 21.1 Å². The lowest BCUT2D eigenvalue weighted by Gasteiger charge is -2.11. The molecule has 1 amide bonds. The lowest BCUT2D eigenvalue weighted by Crippen LogP contribution is -2.29. The molecule has 0 heterocycles. The van der Waals surface area contributed by atoms with Crippen LogP contribution in [-0.2, 0) is 6.18 Å². The minimum absolute atomic E-state index is 0.0718. The second-order valence-corrected chi connectivity index (χ2v) is 5.56. The minimum Gasteiger partial charge on any atom is -0.378 e. The van der Waals surface area contributed by atoms with Crippen molar-refractivity contribution in [2.75, 3.05) is 18.4 Å². The van der Waals surface area contributed by atoms with Gasteiger partial charge in [-0.05, 0) is 24.3 Å². The van der Waals surface area contributed by atoms with E-state index in [9.17, 15) is 28.1 Å². The van der Waals surface area contributed by atoms with Crippen LogP contribution in [-0.4, -0.2) is 23.9 Å². The molecule has 0 aliphatic rings. The molecule has 10 heteroatoms. The maximum absolute atomic E-state index is 12.7. The molecule has 2 rings (SSSR count). The molecule has 0 atom stereocenters. The molecule has 0 aliphatic heterocycles. The molecular weight excluding hydrogens is 375 g/mol. The van der Waals surface area contributed by atoms with Crippen molar-refractivity contribution in [1.29, 1.82) is 0 Å². The number of halogens is 4. The van der Waals surface area contributed by atoms with Crippen LogP contribution < -0.4 is 10.6 Å². The van der Waals surface area contributed by atoms with Gasteiger partial charge in [0.1, 0.15) is 5.69 Å².